The monoisotopic (exact) mass is 171 g/mol. The minimum Gasteiger partial charge on any atom is -0.295 e. The number of nitrogens with one attached hydrogen (secondary N) is 1. The van der Waals surface area contributed by atoms with Crippen LogP contribution in [0, 0.1) is 5.92 Å². The van der Waals surface area contributed by atoms with E-state index in [-0.39, 0.29) is 5.91 Å². The van der Waals surface area contributed by atoms with Crippen molar-refractivity contribution in [2.24, 2.45) is 11.8 Å². The molecule has 0 heterocycles. The average molecular weight is 171 g/mol. The molecule has 4 heteroatoms. The van der Waals surface area contributed by atoms with Gasteiger partial charge in [0.25, 0.3) is 0 Å². The van der Waals surface area contributed by atoms with Crippen LogP contribution < -0.4 is 11.3 Å². The summed E-state index contributed by atoms with van der Waals surface area (Å²) in [5, 5.41) is 0. The second-order valence-electron chi connectivity index (χ2n) is 3.56. The summed E-state index contributed by atoms with van der Waals surface area (Å²) in [6.45, 7) is 2.55. The Morgan fingerprint density at radius 3 is 2.75 bits per heavy atom. The maximum absolute atomic E-state index is 10.9. The van der Waals surface area contributed by atoms with E-state index < -0.39 is 0 Å². The van der Waals surface area contributed by atoms with Crippen molar-refractivity contribution in [3.8, 4) is 0 Å². The van der Waals surface area contributed by atoms with Crippen molar-refractivity contribution in [3.63, 3.8) is 0 Å². The standard InChI is InChI=1S/C8H17N3O/c1-6(7-3-4-7)11(2)5-8(12)10-9/h6-7H,3-5,9H2,1-2H3,(H,10,12). The van der Waals surface area contributed by atoms with Crippen molar-refractivity contribution in [2.75, 3.05) is 13.6 Å². The normalized spacial score (nSPS) is 19.3. The predicted octanol–water partition coefficient (Wildman–Crippen LogP) is -0.293. The third-order valence-electron chi connectivity index (χ3n) is 2.55. The molecule has 0 spiro atoms. The van der Waals surface area contributed by atoms with E-state index in [2.05, 4.69) is 12.3 Å². The maximum Gasteiger partial charge on any atom is 0.248 e. The number of amides is 1. The van der Waals surface area contributed by atoms with Crippen molar-refractivity contribution in [1.82, 2.24) is 10.3 Å². The molecule has 70 valence electrons. The Hall–Kier alpha value is -0.610. The van der Waals surface area contributed by atoms with Gasteiger partial charge in [0.15, 0.2) is 0 Å². The fourth-order valence-electron chi connectivity index (χ4n) is 1.35. The van der Waals surface area contributed by atoms with Gasteiger partial charge in [-0.25, -0.2) is 5.84 Å². The highest BCUT2D eigenvalue weighted by atomic mass is 16.2. The van der Waals surface area contributed by atoms with Crippen LogP contribution in [0.15, 0.2) is 0 Å². The van der Waals surface area contributed by atoms with Gasteiger partial charge >= 0.3 is 0 Å². The highest BCUT2D eigenvalue weighted by molar-refractivity contribution is 5.77. The van der Waals surface area contributed by atoms with E-state index >= 15 is 0 Å². The Labute approximate surface area is 73.1 Å². The molecule has 3 N–H and O–H groups in total. The number of hydrazine groups is 1. The molecule has 0 bridgehead atoms. The Morgan fingerprint density at radius 2 is 2.33 bits per heavy atom. The SMILES string of the molecule is CC(C1CC1)N(C)CC(=O)NN. The van der Waals surface area contributed by atoms with Crippen molar-refractivity contribution >= 4 is 5.91 Å². The highest BCUT2D eigenvalue weighted by Crippen LogP contribution is 2.34. The summed E-state index contributed by atoms with van der Waals surface area (Å²) in [5.41, 5.74) is 2.13. The lowest BCUT2D eigenvalue weighted by molar-refractivity contribution is -0.122. The van der Waals surface area contributed by atoms with Gasteiger partial charge in [-0.2, -0.15) is 0 Å². The van der Waals surface area contributed by atoms with Gasteiger partial charge in [0.05, 0.1) is 6.54 Å². The van der Waals surface area contributed by atoms with Crippen LogP contribution in [-0.4, -0.2) is 30.4 Å². The van der Waals surface area contributed by atoms with Gasteiger partial charge in [0.2, 0.25) is 5.91 Å². The third-order valence-corrected chi connectivity index (χ3v) is 2.55. The van der Waals surface area contributed by atoms with E-state index in [4.69, 9.17) is 5.84 Å². The molecule has 12 heavy (non-hydrogen) atoms. The van der Waals surface area contributed by atoms with E-state index in [1.807, 2.05) is 11.9 Å². The fraction of sp³-hybridized carbons (Fsp3) is 0.875. The number of hydrogen-bond donors (Lipinski definition) is 2. The lowest BCUT2D eigenvalue weighted by Crippen LogP contribution is -2.42. The van der Waals surface area contributed by atoms with Crippen LogP contribution in [0.1, 0.15) is 19.8 Å². The first kappa shape index (κ1) is 9.48. The summed E-state index contributed by atoms with van der Waals surface area (Å²) < 4.78 is 0. The summed E-state index contributed by atoms with van der Waals surface area (Å²) >= 11 is 0. The van der Waals surface area contributed by atoms with Crippen LogP contribution >= 0.6 is 0 Å². The van der Waals surface area contributed by atoms with Gasteiger partial charge < -0.3 is 0 Å². The van der Waals surface area contributed by atoms with Gasteiger partial charge in [0, 0.05) is 6.04 Å². The van der Waals surface area contributed by atoms with Crippen LogP contribution in [0.25, 0.3) is 0 Å². The van der Waals surface area contributed by atoms with Gasteiger partial charge in [0.1, 0.15) is 0 Å². The summed E-state index contributed by atoms with van der Waals surface area (Å²) in [4.78, 5) is 12.9. The average Bonchev–Trinajstić information content (AvgIpc) is 2.85. The smallest absolute Gasteiger partial charge is 0.248 e. The topological polar surface area (TPSA) is 58.4 Å². The fourth-order valence-corrected chi connectivity index (χ4v) is 1.35. The van der Waals surface area contributed by atoms with Crippen LogP contribution in [-0.2, 0) is 4.79 Å². The van der Waals surface area contributed by atoms with Gasteiger partial charge in [-0.15, -0.1) is 0 Å². The van der Waals surface area contributed by atoms with E-state index in [1.165, 1.54) is 12.8 Å². The number of nitrogens with two attached hydrogens (primary N) is 1. The molecule has 0 radical (unpaired) electrons. The molecule has 4 nitrogen and oxygen atoms in total. The van der Waals surface area contributed by atoms with Crippen LogP contribution in [0.3, 0.4) is 0 Å². The summed E-state index contributed by atoms with van der Waals surface area (Å²) in [7, 11) is 1.96. The largest absolute Gasteiger partial charge is 0.295 e. The second-order valence-corrected chi connectivity index (χ2v) is 3.56. The molecule has 0 aromatic heterocycles. The van der Waals surface area contributed by atoms with Crippen LogP contribution in [0.5, 0.6) is 0 Å². The predicted molar refractivity (Wildman–Crippen MR) is 47.1 cm³/mol. The minimum atomic E-state index is -0.120. The molecular weight excluding hydrogens is 154 g/mol. The molecule has 1 fully saturated rings. The highest BCUT2D eigenvalue weighted by Gasteiger charge is 2.30. The molecule has 0 saturated heterocycles. The number of nitrogens with zero attached hydrogens (tertiary/aromatic N) is 1. The maximum atomic E-state index is 10.9. The van der Waals surface area contributed by atoms with Crippen LogP contribution in [0.4, 0.5) is 0 Å². The Balaban J connectivity index is 2.25. The van der Waals surface area contributed by atoms with Crippen molar-refractivity contribution in [1.29, 1.82) is 0 Å². The van der Waals surface area contributed by atoms with E-state index in [0.717, 1.165) is 5.92 Å². The number of carbonyl (C=O) groups excluding carboxylic acids is 1. The molecule has 0 aliphatic heterocycles. The Kier molecular flexibility index (Phi) is 3.05. The van der Waals surface area contributed by atoms with Gasteiger partial charge in [-0.1, -0.05) is 0 Å². The Bertz CT molecular complexity index is 168. The molecular formula is C8H17N3O. The molecule has 1 rings (SSSR count). The summed E-state index contributed by atoms with van der Waals surface area (Å²) in [6, 6.07) is 0.502. The van der Waals surface area contributed by atoms with Crippen molar-refractivity contribution < 1.29 is 4.79 Å². The first-order valence-corrected chi connectivity index (χ1v) is 4.35. The van der Waals surface area contributed by atoms with Crippen LogP contribution in [0.2, 0.25) is 0 Å². The minimum absolute atomic E-state index is 0.120. The lowest BCUT2D eigenvalue weighted by atomic mass is 10.2. The second kappa shape index (κ2) is 3.87. The molecule has 1 saturated carbocycles. The first-order valence-electron chi connectivity index (χ1n) is 4.35. The summed E-state index contributed by atoms with van der Waals surface area (Å²) in [5.74, 6) is 5.66. The molecule has 1 amide bonds. The van der Waals surface area contributed by atoms with Gasteiger partial charge in [-0.3, -0.25) is 15.1 Å². The zero-order valence-electron chi connectivity index (χ0n) is 7.71. The number of hydrogen-bond acceptors (Lipinski definition) is 3. The first-order chi connectivity index (χ1) is 5.65. The quantitative estimate of drug-likeness (QED) is 0.347. The van der Waals surface area contributed by atoms with E-state index in [9.17, 15) is 4.79 Å². The molecule has 1 aliphatic rings. The summed E-state index contributed by atoms with van der Waals surface area (Å²) in [6.07, 6.45) is 2.60. The number of likely N-dealkylation sites (N-methyl/N-ethyl adjacent to an activating group) is 1. The zero-order valence-corrected chi connectivity index (χ0v) is 7.71. The number of rotatable bonds is 4. The van der Waals surface area contributed by atoms with E-state index in [0.29, 0.717) is 12.6 Å². The van der Waals surface area contributed by atoms with Crippen molar-refractivity contribution in [3.05, 3.63) is 0 Å². The van der Waals surface area contributed by atoms with E-state index in [1.54, 1.807) is 0 Å². The molecule has 1 atom stereocenters. The molecule has 1 aliphatic carbocycles. The molecule has 0 aromatic carbocycles. The Morgan fingerprint density at radius 1 is 1.75 bits per heavy atom. The number of carbonyl (C=O) groups is 1. The van der Waals surface area contributed by atoms with Gasteiger partial charge in [-0.05, 0) is 32.7 Å². The molecule has 1 unspecified atom stereocenters. The van der Waals surface area contributed by atoms with Crippen molar-refractivity contribution in [2.45, 2.75) is 25.8 Å². The zero-order chi connectivity index (χ0) is 9.14. The third kappa shape index (κ3) is 2.46. The molecule has 0 aromatic rings. The lowest BCUT2D eigenvalue weighted by Gasteiger charge is -2.23.